The van der Waals surface area contributed by atoms with Crippen LogP contribution in [0.5, 0.6) is 5.75 Å². The van der Waals surface area contributed by atoms with Crippen LogP contribution in [0.1, 0.15) is 30.6 Å². The number of aromatic hydroxyl groups is 1. The third-order valence-electron chi connectivity index (χ3n) is 2.40. The monoisotopic (exact) mass is 283 g/mol. The Bertz CT molecular complexity index is 488. The molecule has 1 atom stereocenters. The van der Waals surface area contributed by atoms with E-state index >= 15 is 0 Å². The smallest absolute Gasteiger partial charge is 0.413 e. The van der Waals surface area contributed by atoms with Gasteiger partial charge in [-0.2, -0.15) is 0 Å². The number of phenols is 1. The molecule has 0 radical (unpaired) electrons. The molecule has 20 heavy (non-hydrogen) atoms. The van der Waals surface area contributed by atoms with Crippen LogP contribution in [-0.2, 0) is 9.47 Å². The molecule has 0 aromatic heterocycles. The number of hydrogen-bond donors (Lipinski definition) is 3. The quantitative estimate of drug-likeness (QED) is 0.692. The van der Waals surface area contributed by atoms with Crippen LogP contribution in [0, 0.1) is 0 Å². The molecule has 1 aromatic rings. The van der Waals surface area contributed by atoms with E-state index in [9.17, 15) is 14.7 Å². The second-order valence-electron chi connectivity index (χ2n) is 3.86. The molecule has 0 saturated heterocycles. The average molecular weight is 283 g/mol. The minimum Gasteiger partial charge on any atom is -0.507 e. The molecular formula is C13H17NO6. The first-order chi connectivity index (χ1) is 9.47. The molecule has 0 aliphatic carbocycles. The lowest BCUT2D eigenvalue weighted by Gasteiger charge is -2.16. The minimum atomic E-state index is -1.25. The van der Waals surface area contributed by atoms with Crippen molar-refractivity contribution in [1.29, 1.82) is 0 Å². The third kappa shape index (κ3) is 4.43. The summed E-state index contributed by atoms with van der Waals surface area (Å²) in [4.78, 5) is 22.3. The molecule has 0 bridgehead atoms. The van der Waals surface area contributed by atoms with E-state index in [1.54, 1.807) is 13.8 Å². The van der Waals surface area contributed by atoms with Crippen molar-refractivity contribution in [3.63, 3.8) is 0 Å². The van der Waals surface area contributed by atoms with Crippen LogP contribution in [0.2, 0.25) is 0 Å². The van der Waals surface area contributed by atoms with Gasteiger partial charge in [-0.3, -0.25) is 5.32 Å². The standard InChI is InChI=1S/C13H17NO6/c1-3-11(19-4-2)20-13(18)14-8-5-6-9(12(16)17)10(15)7-8/h5-7,11,15H,3-4H2,1-2H3,(H,14,18)(H,16,17). The van der Waals surface area contributed by atoms with Gasteiger partial charge < -0.3 is 19.7 Å². The fourth-order valence-electron chi connectivity index (χ4n) is 1.48. The van der Waals surface area contributed by atoms with E-state index in [1.807, 2.05) is 0 Å². The third-order valence-corrected chi connectivity index (χ3v) is 2.40. The van der Waals surface area contributed by atoms with E-state index in [1.165, 1.54) is 12.1 Å². The molecule has 0 aliphatic heterocycles. The second-order valence-corrected chi connectivity index (χ2v) is 3.86. The predicted octanol–water partition coefficient (Wildman–Crippen LogP) is 2.41. The molecule has 7 nitrogen and oxygen atoms in total. The van der Waals surface area contributed by atoms with Gasteiger partial charge in [0.25, 0.3) is 0 Å². The van der Waals surface area contributed by atoms with Crippen molar-refractivity contribution in [2.75, 3.05) is 11.9 Å². The van der Waals surface area contributed by atoms with Gasteiger partial charge in [0.2, 0.25) is 6.29 Å². The van der Waals surface area contributed by atoms with E-state index < -0.39 is 24.1 Å². The number of carboxylic acids is 1. The maximum atomic E-state index is 11.6. The highest BCUT2D eigenvalue weighted by molar-refractivity contribution is 5.92. The highest BCUT2D eigenvalue weighted by Crippen LogP contribution is 2.22. The molecule has 7 heteroatoms. The lowest BCUT2D eigenvalue weighted by Crippen LogP contribution is -2.24. The predicted molar refractivity (Wildman–Crippen MR) is 70.9 cm³/mol. The van der Waals surface area contributed by atoms with Crippen molar-refractivity contribution in [3.8, 4) is 5.75 Å². The lowest BCUT2D eigenvalue weighted by atomic mass is 10.2. The Labute approximate surface area is 116 Å². The van der Waals surface area contributed by atoms with Gasteiger partial charge in [0, 0.05) is 24.8 Å². The van der Waals surface area contributed by atoms with Crippen LogP contribution in [0.15, 0.2) is 18.2 Å². The summed E-state index contributed by atoms with van der Waals surface area (Å²) in [6.07, 6.45) is -0.885. The summed E-state index contributed by atoms with van der Waals surface area (Å²) < 4.78 is 10.2. The summed E-state index contributed by atoms with van der Waals surface area (Å²) >= 11 is 0. The Morgan fingerprint density at radius 2 is 2.05 bits per heavy atom. The lowest BCUT2D eigenvalue weighted by molar-refractivity contribution is -0.0971. The van der Waals surface area contributed by atoms with Crippen LogP contribution in [0.25, 0.3) is 0 Å². The maximum Gasteiger partial charge on any atom is 0.413 e. The Kier molecular flexibility index (Phi) is 5.79. The molecule has 0 aliphatic rings. The summed E-state index contributed by atoms with van der Waals surface area (Å²) in [7, 11) is 0. The fourth-order valence-corrected chi connectivity index (χ4v) is 1.48. The van der Waals surface area contributed by atoms with Crippen molar-refractivity contribution in [2.24, 2.45) is 0 Å². The molecule has 0 spiro atoms. The molecule has 1 aromatic carbocycles. The number of carbonyl (C=O) groups is 2. The van der Waals surface area contributed by atoms with Crippen LogP contribution < -0.4 is 5.32 Å². The number of carboxylic acid groups (broad SMARTS) is 1. The van der Waals surface area contributed by atoms with Gasteiger partial charge in [-0.1, -0.05) is 6.92 Å². The first-order valence-electron chi connectivity index (χ1n) is 6.13. The molecule has 0 heterocycles. The Morgan fingerprint density at radius 3 is 2.55 bits per heavy atom. The van der Waals surface area contributed by atoms with E-state index in [2.05, 4.69) is 5.32 Å². The Hall–Kier alpha value is -2.28. The van der Waals surface area contributed by atoms with Gasteiger partial charge in [0.1, 0.15) is 11.3 Å². The normalized spacial score (nSPS) is 11.7. The van der Waals surface area contributed by atoms with Crippen molar-refractivity contribution < 1.29 is 29.3 Å². The van der Waals surface area contributed by atoms with Crippen LogP contribution >= 0.6 is 0 Å². The van der Waals surface area contributed by atoms with E-state index in [4.69, 9.17) is 14.6 Å². The summed E-state index contributed by atoms with van der Waals surface area (Å²) in [6, 6.07) is 3.67. The highest BCUT2D eigenvalue weighted by Gasteiger charge is 2.14. The van der Waals surface area contributed by atoms with Crippen LogP contribution in [-0.4, -0.2) is 35.2 Å². The Morgan fingerprint density at radius 1 is 1.35 bits per heavy atom. The molecule has 110 valence electrons. The zero-order valence-electron chi connectivity index (χ0n) is 11.3. The maximum absolute atomic E-state index is 11.6. The first kappa shape index (κ1) is 15.8. The number of nitrogens with one attached hydrogen (secondary N) is 1. The van der Waals surface area contributed by atoms with Crippen LogP contribution in [0.3, 0.4) is 0 Å². The van der Waals surface area contributed by atoms with Gasteiger partial charge in [0.05, 0.1) is 0 Å². The van der Waals surface area contributed by atoms with Crippen molar-refractivity contribution in [1.82, 2.24) is 0 Å². The van der Waals surface area contributed by atoms with Crippen molar-refractivity contribution in [2.45, 2.75) is 26.6 Å². The van der Waals surface area contributed by atoms with Gasteiger partial charge in [-0.15, -0.1) is 0 Å². The largest absolute Gasteiger partial charge is 0.507 e. The number of carbonyl (C=O) groups excluding carboxylic acids is 1. The van der Waals surface area contributed by atoms with Gasteiger partial charge >= 0.3 is 12.1 Å². The molecule has 0 saturated carbocycles. The first-order valence-corrected chi connectivity index (χ1v) is 6.13. The molecule has 0 fully saturated rings. The molecule has 1 unspecified atom stereocenters. The minimum absolute atomic E-state index is 0.226. The van der Waals surface area contributed by atoms with Crippen LogP contribution in [0.4, 0.5) is 10.5 Å². The number of benzene rings is 1. The molecular weight excluding hydrogens is 266 g/mol. The topological polar surface area (TPSA) is 105 Å². The van der Waals surface area contributed by atoms with E-state index in [0.717, 1.165) is 6.07 Å². The zero-order chi connectivity index (χ0) is 15.1. The number of hydrogen-bond acceptors (Lipinski definition) is 5. The zero-order valence-corrected chi connectivity index (χ0v) is 11.3. The summed E-state index contributed by atoms with van der Waals surface area (Å²) in [5.41, 5.74) is -0.0199. The Balaban J connectivity index is 2.66. The van der Waals surface area contributed by atoms with Gasteiger partial charge in [-0.05, 0) is 19.1 Å². The number of rotatable bonds is 6. The van der Waals surface area contributed by atoms with Gasteiger partial charge in [0.15, 0.2) is 0 Å². The number of ether oxygens (including phenoxy) is 2. The van der Waals surface area contributed by atoms with Crippen molar-refractivity contribution in [3.05, 3.63) is 23.8 Å². The second kappa shape index (κ2) is 7.34. The van der Waals surface area contributed by atoms with E-state index in [0.29, 0.717) is 13.0 Å². The van der Waals surface area contributed by atoms with Crippen molar-refractivity contribution >= 4 is 17.7 Å². The average Bonchev–Trinajstić information content (AvgIpc) is 2.37. The fraction of sp³-hybridized carbons (Fsp3) is 0.385. The number of anilines is 1. The molecule has 1 rings (SSSR count). The van der Waals surface area contributed by atoms with E-state index in [-0.39, 0.29) is 11.3 Å². The summed E-state index contributed by atoms with van der Waals surface area (Å²) in [6.45, 7) is 4.01. The summed E-state index contributed by atoms with van der Waals surface area (Å²) in [5.74, 6) is -1.69. The highest BCUT2D eigenvalue weighted by atomic mass is 16.7. The number of aromatic carboxylic acids is 1. The van der Waals surface area contributed by atoms with Gasteiger partial charge in [-0.25, -0.2) is 9.59 Å². The number of amides is 1. The summed E-state index contributed by atoms with van der Waals surface area (Å²) in [5, 5.41) is 20.6. The molecule has 3 N–H and O–H groups in total. The molecule has 1 amide bonds. The SMILES string of the molecule is CCOC(CC)OC(=O)Nc1ccc(C(=O)O)c(O)c1.